The molecule has 0 aromatic rings. The Morgan fingerprint density at radius 2 is 0.464 bits per heavy atom. The SMILES string of the molecule is CCCCCC/C=C/CCC(=O)OC.CCCCCC/C=C/CCC(=O)OC.CCCCCC/C=C/CCCCCC.COC(=O)CC/C=C/CCC(=O)OC. The van der Waals surface area contributed by atoms with Crippen molar-refractivity contribution in [1.82, 2.24) is 0 Å². The van der Waals surface area contributed by atoms with Crippen molar-refractivity contribution in [3.8, 4) is 0 Å². The van der Waals surface area contributed by atoms with Gasteiger partial charge in [-0.15, -0.1) is 0 Å². The van der Waals surface area contributed by atoms with Gasteiger partial charge >= 0.3 is 23.9 Å². The highest BCUT2D eigenvalue weighted by atomic mass is 16.5. The zero-order chi connectivity index (χ0) is 42.6. The predicted molar refractivity (Wildman–Crippen MR) is 237 cm³/mol. The van der Waals surface area contributed by atoms with Crippen molar-refractivity contribution in [2.75, 3.05) is 28.4 Å². The highest BCUT2D eigenvalue weighted by molar-refractivity contribution is 5.70. The van der Waals surface area contributed by atoms with Gasteiger partial charge in [-0.1, -0.05) is 153 Å². The van der Waals surface area contributed by atoms with Gasteiger partial charge < -0.3 is 18.9 Å². The summed E-state index contributed by atoms with van der Waals surface area (Å²) in [6.45, 7) is 8.96. The number of esters is 4. The Morgan fingerprint density at radius 1 is 0.286 bits per heavy atom. The average Bonchev–Trinajstić information content (AvgIpc) is 3.22. The van der Waals surface area contributed by atoms with Crippen LogP contribution in [0.15, 0.2) is 48.6 Å². The number of unbranched alkanes of at least 4 members (excludes halogenated alkanes) is 16. The third kappa shape index (κ3) is 62.8. The van der Waals surface area contributed by atoms with Crippen molar-refractivity contribution in [2.45, 2.75) is 207 Å². The fourth-order valence-corrected chi connectivity index (χ4v) is 4.91. The van der Waals surface area contributed by atoms with E-state index >= 15 is 0 Å². The Balaban J connectivity index is -0.000000322. The first kappa shape index (κ1) is 59.5. The van der Waals surface area contributed by atoms with E-state index in [1.165, 1.54) is 144 Å². The van der Waals surface area contributed by atoms with E-state index in [0.717, 1.165) is 25.7 Å². The molecule has 0 N–H and O–H groups in total. The minimum absolute atomic E-state index is 0.124. The van der Waals surface area contributed by atoms with E-state index in [1.807, 2.05) is 12.2 Å². The van der Waals surface area contributed by atoms with Crippen LogP contribution < -0.4 is 0 Å². The summed E-state index contributed by atoms with van der Waals surface area (Å²) in [5.41, 5.74) is 0. The van der Waals surface area contributed by atoms with Gasteiger partial charge in [-0.3, -0.25) is 19.2 Å². The van der Waals surface area contributed by atoms with Crippen LogP contribution in [0.1, 0.15) is 207 Å². The topological polar surface area (TPSA) is 105 Å². The Kier molecular flexibility index (Phi) is 59.7. The van der Waals surface area contributed by atoms with Crippen LogP contribution in [0, 0.1) is 0 Å². The maximum atomic E-state index is 10.7. The molecule has 0 saturated heterocycles. The normalized spacial score (nSPS) is 10.7. The lowest BCUT2D eigenvalue weighted by Gasteiger charge is -1.95. The summed E-state index contributed by atoms with van der Waals surface area (Å²) >= 11 is 0. The first-order valence-electron chi connectivity index (χ1n) is 22.1. The number of allylic oxidation sites excluding steroid dienone is 8. The fourth-order valence-electron chi connectivity index (χ4n) is 4.91. The van der Waals surface area contributed by atoms with Crippen LogP contribution in [-0.2, 0) is 38.1 Å². The number of carbonyl (C=O) groups excluding carboxylic acids is 4. The van der Waals surface area contributed by atoms with Gasteiger partial charge in [0, 0.05) is 25.7 Å². The monoisotopic (exact) mass is 793 g/mol. The second-order valence-corrected chi connectivity index (χ2v) is 13.7. The average molecular weight is 793 g/mol. The summed E-state index contributed by atoms with van der Waals surface area (Å²) < 4.78 is 18.0. The van der Waals surface area contributed by atoms with Crippen molar-refractivity contribution in [3.05, 3.63) is 48.6 Å². The first-order valence-corrected chi connectivity index (χ1v) is 22.1. The molecule has 8 nitrogen and oxygen atoms in total. The summed E-state index contributed by atoms with van der Waals surface area (Å²) in [5, 5.41) is 0. The molecule has 0 unspecified atom stereocenters. The van der Waals surface area contributed by atoms with Crippen LogP contribution in [0.5, 0.6) is 0 Å². The van der Waals surface area contributed by atoms with E-state index in [0.29, 0.717) is 38.5 Å². The molecule has 0 spiro atoms. The van der Waals surface area contributed by atoms with Crippen LogP contribution in [-0.4, -0.2) is 52.3 Å². The van der Waals surface area contributed by atoms with Crippen molar-refractivity contribution in [1.29, 1.82) is 0 Å². The Hall–Kier alpha value is -3.16. The lowest BCUT2D eigenvalue weighted by atomic mass is 10.1. The summed E-state index contributed by atoms with van der Waals surface area (Å²) in [5.74, 6) is -0.688. The van der Waals surface area contributed by atoms with Crippen molar-refractivity contribution in [3.63, 3.8) is 0 Å². The fraction of sp³-hybridized carbons (Fsp3) is 0.750. The van der Waals surface area contributed by atoms with E-state index < -0.39 is 0 Å². The third-order valence-electron chi connectivity index (χ3n) is 8.54. The van der Waals surface area contributed by atoms with E-state index in [4.69, 9.17) is 0 Å². The standard InChI is InChI=1S/C14H28.2C12H22O2.C10H16O4/c1-3-5-7-9-11-13-14-12-10-8-6-4-2;2*1-3-4-5-6-7-8-9-10-11-12(13)14-2;1-13-9(11)7-5-3-4-6-8-10(12)14-2/h13-14H,3-12H2,1-2H3;2*8-9H,3-7,10-11H2,1-2H3;3-4H,5-8H2,1-2H3/b14-13+;2*9-8+;4-3+. The molecule has 0 aliphatic carbocycles. The van der Waals surface area contributed by atoms with Gasteiger partial charge in [0.15, 0.2) is 0 Å². The van der Waals surface area contributed by atoms with Gasteiger partial charge in [0.2, 0.25) is 0 Å². The van der Waals surface area contributed by atoms with Gasteiger partial charge in [-0.05, 0) is 77.0 Å². The van der Waals surface area contributed by atoms with E-state index in [2.05, 4.69) is 83.1 Å². The van der Waals surface area contributed by atoms with Crippen molar-refractivity contribution >= 4 is 23.9 Å². The van der Waals surface area contributed by atoms with Crippen molar-refractivity contribution in [2.24, 2.45) is 0 Å². The number of hydrogen-bond acceptors (Lipinski definition) is 8. The molecule has 0 aromatic heterocycles. The molecule has 0 heterocycles. The van der Waals surface area contributed by atoms with E-state index in [9.17, 15) is 19.2 Å². The summed E-state index contributed by atoms with van der Waals surface area (Å²) in [6.07, 6.45) is 48.0. The van der Waals surface area contributed by atoms with Gasteiger partial charge in [-0.25, -0.2) is 0 Å². The molecule has 8 heteroatoms. The van der Waals surface area contributed by atoms with Crippen LogP contribution in [0.3, 0.4) is 0 Å². The van der Waals surface area contributed by atoms with Gasteiger partial charge in [0.05, 0.1) is 28.4 Å². The maximum Gasteiger partial charge on any atom is 0.305 e. The second kappa shape index (κ2) is 56.2. The number of hydrogen-bond donors (Lipinski definition) is 0. The van der Waals surface area contributed by atoms with Crippen LogP contribution >= 0.6 is 0 Å². The minimum atomic E-state index is -0.220. The molecule has 0 amide bonds. The molecular formula is C48H88O8. The molecule has 0 aliphatic rings. The lowest BCUT2D eigenvalue weighted by Crippen LogP contribution is -1.99. The van der Waals surface area contributed by atoms with Crippen LogP contribution in [0.25, 0.3) is 0 Å². The number of rotatable bonds is 32. The Bertz CT molecular complexity index is 877. The largest absolute Gasteiger partial charge is 0.469 e. The summed E-state index contributed by atoms with van der Waals surface area (Å²) in [4.78, 5) is 42.8. The molecule has 0 atom stereocenters. The molecule has 0 bridgehead atoms. The van der Waals surface area contributed by atoms with E-state index in [1.54, 1.807) is 0 Å². The molecule has 0 aromatic carbocycles. The van der Waals surface area contributed by atoms with Gasteiger partial charge in [0.25, 0.3) is 0 Å². The predicted octanol–water partition coefficient (Wildman–Crippen LogP) is 13.9. The number of carbonyl (C=O) groups is 4. The molecular weight excluding hydrogens is 705 g/mol. The smallest absolute Gasteiger partial charge is 0.305 e. The molecule has 0 radical (unpaired) electrons. The zero-order valence-electron chi connectivity index (χ0n) is 37.7. The maximum absolute atomic E-state index is 10.7. The molecule has 0 fully saturated rings. The van der Waals surface area contributed by atoms with Gasteiger partial charge in [-0.2, -0.15) is 0 Å². The lowest BCUT2D eigenvalue weighted by molar-refractivity contribution is -0.141. The third-order valence-corrected chi connectivity index (χ3v) is 8.54. The summed E-state index contributed by atoms with van der Waals surface area (Å²) in [7, 11) is 5.58. The summed E-state index contributed by atoms with van der Waals surface area (Å²) in [6, 6.07) is 0. The van der Waals surface area contributed by atoms with E-state index in [-0.39, 0.29) is 23.9 Å². The molecule has 56 heavy (non-hydrogen) atoms. The Labute approximate surface area is 345 Å². The highest BCUT2D eigenvalue weighted by Gasteiger charge is 1.98. The zero-order valence-corrected chi connectivity index (χ0v) is 37.7. The highest BCUT2D eigenvalue weighted by Crippen LogP contribution is 2.07. The molecule has 328 valence electrons. The second-order valence-electron chi connectivity index (χ2n) is 13.7. The van der Waals surface area contributed by atoms with Crippen LogP contribution in [0.2, 0.25) is 0 Å². The number of ether oxygens (including phenoxy) is 4. The minimum Gasteiger partial charge on any atom is -0.469 e. The molecule has 0 rings (SSSR count). The quantitative estimate of drug-likeness (QED) is 0.0287. The van der Waals surface area contributed by atoms with Gasteiger partial charge in [0.1, 0.15) is 0 Å². The first-order chi connectivity index (χ1) is 27.2. The van der Waals surface area contributed by atoms with Crippen molar-refractivity contribution < 1.29 is 38.1 Å². The number of methoxy groups -OCH3 is 4. The molecule has 0 saturated carbocycles. The Morgan fingerprint density at radius 3 is 0.625 bits per heavy atom. The van der Waals surface area contributed by atoms with Crippen LogP contribution in [0.4, 0.5) is 0 Å². The molecule has 0 aliphatic heterocycles.